The molecule has 0 radical (unpaired) electrons. The van der Waals surface area contributed by atoms with Gasteiger partial charge in [0.2, 0.25) is 11.7 Å². The molecule has 1 aliphatic rings. The summed E-state index contributed by atoms with van der Waals surface area (Å²) in [6.45, 7) is 5.62. The molecule has 5 rings (SSSR count). The number of amides is 1. The second-order valence-corrected chi connectivity index (χ2v) is 8.13. The molecule has 1 aromatic carbocycles. The predicted molar refractivity (Wildman–Crippen MR) is 120 cm³/mol. The van der Waals surface area contributed by atoms with Crippen LogP contribution in [0.25, 0.3) is 17.2 Å². The number of benzene rings is 1. The van der Waals surface area contributed by atoms with Crippen molar-refractivity contribution >= 4 is 17.4 Å². The summed E-state index contributed by atoms with van der Waals surface area (Å²) in [6, 6.07) is 9.34. The van der Waals surface area contributed by atoms with Gasteiger partial charge in [-0.1, -0.05) is 17.7 Å². The lowest BCUT2D eigenvalue weighted by atomic mass is 10.2. The molecule has 32 heavy (non-hydrogen) atoms. The van der Waals surface area contributed by atoms with Crippen LogP contribution >= 0.6 is 0 Å². The highest BCUT2D eigenvalue weighted by molar-refractivity contribution is 5.90. The molecule has 10 heteroatoms. The number of hydrogen-bond donors (Lipinski definition) is 2. The third kappa shape index (κ3) is 3.80. The summed E-state index contributed by atoms with van der Waals surface area (Å²) in [4.78, 5) is 29.8. The van der Waals surface area contributed by atoms with E-state index in [0.717, 1.165) is 30.6 Å². The smallest absolute Gasteiger partial charge is 0.275 e. The molecule has 2 N–H and O–H groups in total. The molecule has 3 aromatic heterocycles. The minimum absolute atomic E-state index is 0.00856. The van der Waals surface area contributed by atoms with Gasteiger partial charge in [-0.25, -0.2) is 0 Å². The van der Waals surface area contributed by atoms with E-state index in [1.54, 1.807) is 17.7 Å². The summed E-state index contributed by atoms with van der Waals surface area (Å²) in [5.41, 5.74) is 2.90. The van der Waals surface area contributed by atoms with E-state index in [9.17, 15) is 9.59 Å². The molecule has 1 atom stereocenters. The fourth-order valence-corrected chi connectivity index (χ4v) is 3.92. The maximum atomic E-state index is 12.7. The van der Waals surface area contributed by atoms with Crippen LogP contribution in [0.5, 0.6) is 0 Å². The number of aromatic nitrogens is 6. The molecule has 10 nitrogen and oxygen atoms in total. The molecule has 4 aromatic rings. The zero-order valence-corrected chi connectivity index (χ0v) is 17.9. The molecular formula is C22H24N8O2. The Morgan fingerprint density at radius 2 is 2.06 bits per heavy atom. The number of aryl methyl sites for hydroxylation is 2. The highest BCUT2D eigenvalue weighted by Crippen LogP contribution is 2.20. The lowest BCUT2D eigenvalue weighted by molar-refractivity contribution is -0.116. The van der Waals surface area contributed by atoms with Crippen LogP contribution in [0.2, 0.25) is 0 Å². The summed E-state index contributed by atoms with van der Waals surface area (Å²) >= 11 is 0. The average molecular weight is 432 g/mol. The first-order chi connectivity index (χ1) is 15.5. The van der Waals surface area contributed by atoms with Crippen molar-refractivity contribution in [3.8, 4) is 11.4 Å². The van der Waals surface area contributed by atoms with Gasteiger partial charge in [0, 0.05) is 30.2 Å². The molecule has 0 aliphatic carbocycles. The summed E-state index contributed by atoms with van der Waals surface area (Å²) in [6.07, 6.45) is 4.62. The number of hydrogen-bond acceptors (Lipinski definition) is 6. The summed E-state index contributed by atoms with van der Waals surface area (Å²) in [7, 11) is 0. The van der Waals surface area contributed by atoms with Crippen LogP contribution in [0.1, 0.15) is 23.7 Å². The minimum atomic E-state index is -0.293. The molecule has 164 valence electrons. The van der Waals surface area contributed by atoms with Crippen LogP contribution in [-0.2, 0) is 11.3 Å². The standard InChI is InChI=1S/C22H24N8O2/c1-14-3-5-17(6-4-14)25-19(31)13-28-15(2)9-20(32)30-22(28)26-21(27-30)16-10-24-29(12-16)18-7-8-23-11-18/h3-6,9-10,12,18,23H,7-8,11,13H2,1-2H3,(H,25,31)/t18-/m0/s1. The molecule has 1 amide bonds. The zero-order valence-electron chi connectivity index (χ0n) is 17.9. The third-order valence-corrected chi connectivity index (χ3v) is 5.70. The molecule has 1 fully saturated rings. The van der Waals surface area contributed by atoms with Crippen LogP contribution in [0.4, 0.5) is 5.69 Å². The Balaban J connectivity index is 1.45. The van der Waals surface area contributed by atoms with E-state index >= 15 is 0 Å². The van der Waals surface area contributed by atoms with Crippen molar-refractivity contribution in [3.05, 3.63) is 64.3 Å². The molecule has 0 saturated carbocycles. The van der Waals surface area contributed by atoms with Crippen molar-refractivity contribution in [2.75, 3.05) is 18.4 Å². The van der Waals surface area contributed by atoms with Gasteiger partial charge in [-0.2, -0.15) is 14.6 Å². The van der Waals surface area contributed by atoms with E-state index in [2.05, 4.69) is 25.8 Å². The monoisotopic (exact) mass is 432 g/mol. The quantitative estimate of drug-likeness (QED) is 0.495. The zero-order chi connectivity index (χ0) is 22.2. The van der Waals surface area contributed by atoms with Crippen molar-refractivity contribution < 1.29 is 4.79 Å². The first-order valence-electron chi connectivity index (χ1n) is 10.6. The second-order valence-electron chi connectivity index (χ2n) is 8.13. The van der Waals surface area contributed by atoms with E-state index < -0.39 is 0 Å². The number of carbonyl (C=O) groups excluding carboxylic acids is 1. The highest BCUT2D eigenvalue weighted by Gasteiger charge is 2.20. The number of fused-ring (bicyclic) bond motifs is 1. The topological polar surface area (TPSA) is 111 Å². The van der Waals surface area contributed by atoms with Gasteiger partial charge >= 0.3 is 0 Å². The van der Waals surface area contributed by atoms with Crippen molar-refractivity contribution in [2.24, 2.45) is 0 Å². The van der Waals surface area contributed by atoms with E-state index in [4.69, 9.17) is 0 Å². The van der Waals surface area contributed by atoms with Crippen LogP contribution < -0.4 is 16.2 Å². The largest absolute Gasteiger partial charge is 0.325 e. The van der Waals surface area contributed by atoms with Gasteiger partial charge < -0.3 is 15.2 Å². The molecule has 4 heterocycles. The highest BCUT2D eigenvalue weighted by atomic mass is 16.2. The molecule has 0 unspecified atom stereocenters. The first kappa shape index (κ1) is 20.1. The summed E-state index contributed by atoms with van der Waals surface area (Å²) in [5, 5.41) is 15.0. The Morgan fingerprint density at radius 3 is 2.81 bits per heavy atom. The lowest BCUT2D eigenvalue weighted by Gasteiger charge is -2.11. The number of nitrogens with zero attached hydrogens (tertiary/aromatic N) is 6. The Bertz CT molecular complexity index is 1340. The summed E-state index contributed by atoms with van der Waals surface area (Å²) < 4.78 is 4.83. The average Bonchev–Trinajstić information content (AvgIpc) is 3.52. The van der Waals surface area contributed by atoms with Gasteiger partial charge in [0.15, 0.2) is 5.82 Å². The fourth-order valence-electron chi connectivity index (χ4n) is 3.92. The molecule has 0 bridgehead atoms. The molecule has 0 spiro atoms. The first-order valence-corrected chi connectivity index (χ1v) is 10.6. The normalized spacial score (nSPS) is 16.0. The Kier molecular flexibility index (Phi) is 5.06. The molecular weight excluding hydrogens is 408 g/mol. The molecule has 1 saturated heterocycles. The van der Waals surface area contributed by atoms with Gasteiger partial charge in [0.05, 0.1) is 17.8 Å². The van der Waals surface area contributed by atoms with Crippen molar-refractivity contribution in [1.29, 1.82) is 0 Å². The van der Waals surface area contributed by atoms with Crippen LogP contribution in [0, 0.1) is 13.8 Å². The second kappa shape index (κ2) is 8.04. The van der Waals surface area contributed by atoms with Crippen molar-refractivity contribution in [3.63, 3.8) is 0 Å². The van der Waals surface area contributed by atoms with Crippen LogP contribution in [0.15, 0.2) is 47.5 Å². The van der Waals surface area contributed by atoms with E-state index in [1.165, 1.54) is 10.6 Å². The van der Waals surface area contributed by atoms with E-state index in [0.29, 0.717) is 29.0 Å². The van der Waals surface area contributed by atoms with Gasteiger partial charge in [-0.15, -0.1) is 5.10 Å². The third-order valence-electron chi connectivity index (χ3n) is 5.70. The minimum Gasteiger partial charge on any atom is -0.325 e. The fraction of sp³-hybridized carbons (Fsp3) is 0.318. The van der Waals surface area contributed by atoms with Gasteiger partial charge in [0.1, 0.15) is 6.54 Å². The van der Waals surface area contributed by atoms with Gasteiger partial charge in [-0.3, -0.25) is 14.3 Å². The maximum absolute atomic E-state index is 12.7. The maximum Gasteiger partial charge on any atom is 0.275 e. The lowest BCUT2D eigenvalue weighted by Crippen LogP contribution is -2.25. The van der Waals surface area contributed by atoms with Crippen molar-refractivity contribution in [2.45, 2.75) is 32.9 Å². The van der Waals surface area contributed by atoms with Crippen molar-refractivity contribution in [1.82, 2.24) is 34.3 Å². The number of nitrogens with one attached hydrogen (secondary N) is 2. The molecule has 1 aliphatic heterocycles. The van der Waals surface area contributed by atoms with E-state index in [-0.39, 0.29) is 18.0 Å². The Morgan fingerprint density at radius 1 is 1.25 bits per heavy atom. The Labute approximate surface area is 183 Å². The van der Waals surface area contributed by atoms with Crippen LogP contribution in [0.3, 0.4) is 0 Å². The number of anilines is 1. The van der Waals surface area contributed by atoms with Gasteiger partial charge in [0.25, 0.3) is 5.56 Å². The van der Waals surface area contributed by atoms with E-state index in [1.807, 2.05) is 42.1 Å². The number of carbonyl (C=O) groups is 1. The predicted octanol–water partition coefficient (Wildman–Crippen LogP) is 1.54. The Hall–Kier alpha value is -3.79. The summed E-state index contributed by atoms with van der Waals surface area (Å²) in [5.74, 6) is 0.505. The van der Waals surface area contributed by atoms with Gasteiger partial charge in [-0.05, 0) is 38.9 Å². The SMILES string of the molecule is Cc1ccc(NC(=O)Cn2c(C)cc(=O)n3nc(-c4cnn([C@H]5CCNC5)c4)nc23)cc1. The van der Waals surface area contributed by atoms with Crippen LogP contribution in [-0.4, -0.2) is 47.9 Å². The number of rotatable bonds is 5.